The van der Waals surface area contributed by atoms with E-state index in [2.05, 4.69) is 0 Å². The first-order valence-corrected chi connectivity index (χ1v) is 7.64. The van der Waals surface area contributed by atoms with E-state index in [1.165, 1.54) is 0 Å². The van der Waals surface area contributed by atoms with E-state index < -0.39 is 12.1 Å². The molecule has 21 heavy (non-hydrogen) atoms. The second-order valence-corrected chi connectivity index (χ2v) is 6.31. The van der Waals surface area contributed by atoms with Crippen molar-refractivity contribution in [2.24, 2.45) is 11.8 Å². The number of Topliss-reactive ketones (excluding diaryl/α,β-unsaturated/α-hetero) is 1. The highest BCUT2D eigenvalue weighted by Crippen LogP contribution is 2.40. The van der Waals surface area contributed by atoms with Gasteiger partial charge in [-0.2, -0.15) is 13.2 Å². The lowest BCUT2D eigenvalue weighted by molar-refractivity contribution is -0.185. The lowest BCUT2D eigenvalue weighted by atomic mass is 9.80. The molecule has 0 saturated heterocycles. The molecule has 0 spiro atoms. The van der Waals surface area contributed by atoms with E-state index in [9.17, 15) is 22.8 Å². The Kier molecular flexibility index (Phi) is 4.94. The lowest BCUT2D eigenvalue weighted by Gasteiger charge is -2.36. The molecule has 0 bridgehead atoms. The summed E-state index contributed by atoms with van der Waals surface area (Å²) in [6.07, 6.45) is -1.03. The summed E-state index contributed by atoms with van der Waals surface area (Å²) in [7, 11) is 1.72. The van der Waals surface area contributed by atoms with Crippen molar-refractivity contribution in [3.05, 3.63) is 0 Å². The van der Waals surface area contributed by atoms with Gasteiger partial charge in [0.25, 0.3) is 0 Å². The number of rotatable bonds is 2. The zero-order valence-corrected chi connectivity index (χ0v) is 12.3. The zero-order valence-electron chi connectivity index (χ0n) is 12.3. The van der Waals surface area contributed by atoms with Crippen LogP contribution in [0.3, 0.4) is 0 Å². The molecule has 0 aliphatic heterocycles. The smallest absolute Gasteiger partial charge is 0.343 e. The van der Waals surface area contributed by atoms with Crippen LogP contribution < -0.4 is 0 Å². The molecule has 6 heteroatoms. The van der Waals surface area contributed by atoms with Crippen LogP contribution in [-0.4, -0.2) is 35.9 Å². The Morgan fingerprint density at radius 3 is 2.05 bits per heavy atom. The monoisotopic (exact) mass is 305 g/mol. The highest BCUT2D eigenvalue weighted by atomic mass is 19.4. The Hall–Kier alpha value is -1.07. The number of hydrogen-bond donors (Lipinski definition) is 0. The third-order valence-corrected chi connectivity index (χ3v) is 4.95. The van der Waals surface area contributed by atoms with Crippen LogP contribution >= 0.6 is 0 Å². The molecule has 0 aromatic heterocycles. The van der Waals surface area contributed by atoms with Gasteiger partial charge in [-0.15, -0.1) is 0 Å². The van der Waals surface area contributed by atoms with Gasteiger partial charge < -0.3 is 4.90 Å². The number of halogens is 3. The molecule has 0 unspecified atom stereocenters. The van der Waals surface area contributed by atoms with Crippen LogP contribution in [0, 0.1) is 11.8 Å². The minimum absolute atomic E-state index is 0.0463. The van der Waals surface area contributed by atoms with Gasteiger partial charge in [0.05, 0.1) is 5.92 Å². The number of nitrogens with zero attached hydrogens (tertiary/aromatic N) is 1. The van der Waals surface area contributed by atoms with Crippen LogP contribution in [0.2, 0.25) is 0 Å². The Bertz CT molecular complexity index is 390. The zero-order chi connectivity index (χ0) is 15.6. The number of hydrogen-bond acceptors (Lipinski definition) is 2. The van der Waals surface area contributed by atoms with Crippen molar-refractivity contribution in [3.63, 3.8) is 0 Å². The molecule has 0 aromatic rings. The second kappa shape index (κ2) is 6.36. The molecule has 1 amide bonds. The first-order valence-electron chi connectivity index (χ1n) is 7.64. The second-order valence-electron chi connectivity index (χ2n) is 6.31. The first-order chi connectivity index (χ1) is 9.79. The fraction of sp³-hybridized carbons (Fsp3) is 0.867. The van der Waals surface area contributed by atoms with Crippen molar-refractivity contribution < 1.29 is 22.8 Å². The summed E-state index contributed by atoms with van der Waals surface area (Å²) in [6.45, 7) is 0. The standard InChI is InChI=1S/C15H22F3NO2/c1-19(12-6-8-13(20)9-7-12)14(21)10-2-4-11(5-3-10)15(16,17)18/h10-12H,2-9H2,1H3. The predicted octanol–water partition coefficient (Wildman–Crippen LogP) is 3.33. The molecule has 0 atom stereocenters. The first kappa shape index (κ1) is 16.3. The molecule has 2 saturated carbocycles. The van der Waals surface area contributed by atoms with Gasteiger partial charge in [0.15, 0.2) is 0 Å². The van der Waals surface area contributed by atoms with E-state index in [0.29, 0.717) is 38.5 Å². The molecule has 0 heterocycles. The van der Waals surface area contributed by atoms with Crippen molar-refractivity contribution in [2.45, 2.75) is 63.6 Å². The van der Waals surface area contributed by atoms with Gasteiger partial charge in [0.2, 0.25) is 5.91 Å². The van der Waals surface area contributed by atoms with Gasteiger partial charge in [-0.25, -0.2) is 0 Å². The van der Waals surface area contributed by atoms with Crippen molar-refractivity contribution in [1.82, 2.24) is 4.90 Å². The van der Waals surface area contributed by atoms with E-state index >= 15 is 0 Å². The van der Waals surface area contributed by atoms with Crippen LogP contribution in [0.5, 0.6) is 0 Å². The Labute approximate surface area is 122 Å². The van der Waals surface area contributed by atoms with Crippen LogP contribution in [0.1, 0.15) is 51.4 Å². The molecular formula is C15H22F3NO2. The lowest BCUT2D eigenvalue weighted by Crippen LogP contribution is -2.44. The normalized spacial score (nSPS) is 28.5. The largest absolute Gasteiger partial charge is 0.391 e. The Balaban J connectivity index is 1.85. The molecule has 3 nitrogen and oxygen atoms in total. The SMILES string of the molecule is CN(C(=O)C1CCC(C(F)(F)F)CC1)C1CCC(=O)CC1. The number of alkyl halides is 3. The van der Waals surface area contributed by atoms with E-state index in [0.717, 1.165) is 0 Å². The molecule has 2 fully saturated rings. The van der Waals surface area contributed by atoms with Crippen molar-refractivity contribution in [2.75, 3.05) is 7.05 Å². The van der Waals surface area contributed by atoms with Gasteiger partial charge in [-0.05, 0) is 38.5 Å². The summed E-state index contributed by atoms with van der Waals surface area (Å²) in [5.41, 5.74) is 0. The molecule has 2 aliphatic carbocycles. The van der Waals surface area contributed by atoms with Crippen LogP contribution in [0.4, 0.5) is 13.2 Å². The van der Waals surface area contributed by atoms with E-state index in [1.807, 2.05) is 0 Å². The van der Waals surface area contributed by atoms with Gasteiger partial charge in [0, 0.05) is 31.8 Å². The van der Waals surface area contributed by atoms with Crippen molar-refractivity contribution >= 4 is 11.7 Å². The minimum atomic E-state index is -4.14. The van der Waals surface area contributed by atoms with Gasteiger partial charge in [0.1, 0.15) is 5.78 Å². The number of carbonyl (C=O) groups is 2. The summed E-state index contributed by atoms with van der Waals surface area (Å²) in [5.74, 6) is -1.35. The molecule has 0 radical (unpaired) electrons. The third kappa shape index (κ3) is 3.98. The van der Waals surface area contributed by atoms with Gasteiger partial charge >= 0.3 is 6.18 Å². The Morgan fingerprint density at radius 1 is 1.05 bits per heavy atom. The summed E-state index contributed by atoms with van der Waals surface area (Å²) < 4.78 is 37.9. The fourth-order valence-electron chi connectivity index (χ4n) is 3.45. The Morgan fingerprint density at radius 2 is 1.57 bits per heavy atom. The fourth-order valence-corrected chi connectivity index (χ4v) is 3.45. The maximum Gasteiger partial charge on any atom is 0.391 e. The molecule has 120 valence electrons. The number of amides is 1. The van der Waals surface area contributed by atoms with E-state index in [-0.39, 0.29) is 36.5 Å². The highest BCUT2D eigenvalue weighted by Gasteiger charge is 2.43. The quantitative estimate of drug-likeness (QED) is 0.785. The van der Waals surface area contributed by atoms with Crippen molar-refractivity contribution in [3.8, 4) is 0 Å². The molecular weight excluding hydrogens is 283 g/mol. The van der Waals surface area contributed by atoms with E-state index in [1.54, 1.807) is 11.9 Å². The van der Waals surface area contributed by atoms with E-state index in [4.69, 9.17) is 0 Å². The van der Waals surface area contributed by atoms with Crippen LogP contribution in [0.15, 0.2) is 0 Å². The molecule has 2 rings (SSSR count). The predicted molar refractivity (Wildman–Crippen MR) is 71.5 cm³/mol. The van der Waals surface area contributed by atoms with Crippen LogP contribution in [-0.2, 0) is 9.59 Å². The molecule has 2 aliphatic rings. The van der Waals surface area contributed by atoms with Gasteiger partial charge in [-0.1, -0.05) is 0 Å². The average molecular weight is 305 g/mol. The number of carbonyl (C=O) groups excluding carboxylic acids is 2. The van der Waals surface area contributed by atoms with Crippen molar-refractivity contribution in [1.29, 1.82) is 0 Å². The average Bonchev–Trinajstić information content (AvgIpc) is 2.46. The maximum atomic E-state index is 12.6. The number of ketones is 1. The topological polar surface area (TPSA) is 37.4 Å². The summed E-state index contributed by atoms with van der Waals surface area (Å²) in [5, 5.41) is 0. The molecule has 0 N–H and O–H groups in total. The summed E-state index contributed by atoms with van der Waals surface area (Å²) in [4.78, 5) is 25.3. The van der Waals surface area contributed by atoms with Crippen LogP contribution in [0.25, 0.3) is 0 Å². The molecule has 0 aromatic carbocycles. The third-order valence-electron chi connectivity index (χ3n) is 4.95. The minimum Gasteiger partial charge on any atom is -0.343 e. The highest BCUT2D eigenvalue weighted by molar-refractivity contribution is 5.81. The van der Waals surface area contributed by atoms with Gasteiger partial charge in [-0.3, -0.25) is 9.59 Å². The summed E-state index contributed by atoms with van der Waals surface area (Å²) in [6, 6.07) is 0.0653. The summed E-state index contributed by atoms with van der Waals surface area (Å²) >= 11 is 0. The maximum absolute atomic E-state index is 12.6.